The van der Waals surface area contributed by atoms with Crippen LogP contribution >= 0.6 is 11.6 Å². The first kappa shape index (κ1) is 14.8. The molecule has 1 amide bonds. The molecular formula is C14H17ClN2O3. The average molecular weight is 297 g/mol. The number of alkyl halides is 1. The summed E-state index contributed by atoms with van der Waals surface area (Å²) >= 11 is 6.20. The lowest BCUT2D eigenvalue weighted by molar-refractivity contribution is -0.385. The molecule has 0 heterocycles. The van der Waals surface area contributed by atoms with Crippen LogP contribution in [0.15, 0.2) is 18.2 Å². The molecule has 1 aromatic carbocycles. The highest BCUT2D eigenvalue weighted by atomic mass is 35.5. The van der Waals surface area contributed by atoms with Gasteiger partial charge in [0, 0.05) is 12.1 Å². The second-order valence-electron chi connectivity index (χ2n) is 5.16. The minimum Gasteiger partial charge on any atom is -0.348 e. The monoisotopic (exact) mass is 296 g/mol. The summed E-state index contributed by atoms with van der Waals surface area (Å²) in [6, 6.07) is 4.42. The van der Waals surface area contributed by atoms with E-state index in [1.165, 1.54) is 6.07 Å². The summed E-state index contributed by atoms with van der Waals surface area (Å²) < 4.78 is 0. The molecule has 0 saturated heterocycles. The number of nitro benzene ring substituents is 1. The molecule has 2 rings (SSSR count). The van der Waals surface area contributed by atoms with Crippen molar-refractivity contribution in [3.63, 3.8) is 0 Å². The molecule has 0 spiro atoms. The van der Waals surface area contributed by atoms with E-state index in [1.54, 1.807) is 19.1 Å². The van der Waals surface area contributed by atoms with Crippen molar-refractivity contribution in [3.05, 3.63) is 39.4 Å². The molecular weight excluding hydrogens is 280 g/mol. The Morgan fingerprint density at radius 3 is 2.75 bits per heavy atom. The number of hydrogen-bond donors (Lipinski definition) is 1. The van der Waals surface area contributed by atoms with Gasteiger partial charge in [-0.1, -0.05) is 18.9 Å². The highest BCUT2D eigenvalue weighted by Crippen LogP contribution is 2.25. The Kier molecular flexibility index (Phi) is 4.60. The zero-order valence-electron chi connectivity index (χ0n) is 11.3. The third kappa shape index (κ3) is 3.28. The van der Waals surface area contributed by atoms with E-state index in [-0.39, 0.29) is 22.7 Å². The second-order valence-corrected chi connectivity index (χ2v) is 5.72. The number of carbonyl (C=O) groups excluding carboxylic acids is 1. The first-order valence-corrected chi connectivity index (χ1v) is 7.12. The molecule has 1 aliphatic rings. The van der Waals surface area contributed by atoms with E-state index in [0.29, 0.717) is 0 Å². The molecule has 1 saturated carbocycles. The van der Waals surface area contributed by atoms with Gasteiger partial charge < -0.3 is 5.32 Å². The van der Waals surface area contributed by atoms with E-state index in [9.17, 15) is 14.9 Å². The SMILES string of the molecule is Cc1ccc([N+](=O)[O-])c(C(=O)NC2CCCCC2Cl)c1. The van der Waals surface area contributed by atoms with Gasteiger partial charge in [0.15, 0.2) is 0 Å². The molecule has 1 aliphatic carbocycles. The molecule has 0 aromatic heterocycles. The number of rotatable bonds is 3. The van der Waals surface area contributed by atoms with Gasteiger partial charge in [-0.3, -0.25) is 14.9 Å². The molecule has 20 heavy (non-hydrogen) atoms. The average Bonchev–Trinajstić information content (AvgIpc) is 2.40. The van der Waals surface area contributed by atoms with E-state index in [2.05, 4.69) is 5.32 Å². The number of aryl methyl sites for hydroxylation is 1. The van der Waals surface area contributed by atoms with Gasteiger partial charge in [0.2, 0.25) is 0 Å². The fourth-order valence-electron chi connectivity index (χ4n) is 2.49. The fourth-order valence-corrected chi connectivity index (χ4v) is 2.83. The van der Waals surface area contributed by atoms with Crippen molar-refractivity contribution in [1.82, 2.24) is 5.32 Å². The number of nitro groups is 1. The van der Waals surface area contributed by atoms with Crippen LogP contribution in [-0.2, 0) is 0 Å². The summed E-state index contributed by atoms with van der Waals surface area (Å²) in [6.45, 7) is 1.80. The highest BCUT2D eigenvalue weighted by Gasteiger charge is 2.27. The smallest absolute Gasteiger partial charge is 0.282 e. The van der Waals surface area contributed by atoms with Crippen molar-refractivity contribution in [2.45, 2.75) is 44.0 Å². The van der Waals surface area contributed by atoms with Crippen LogP contribution in [0.4, 0.5) is 5.69 Å². The molecule has 5 nitrogen and oxygen atoms in total. The molecule has 2 unspecified atom stereocenters. The summed E-state index contributed by atoms with van der Waals surface area (Å²) in [5.74, 6) is -0.419. The minimum absolute atomic E-state index is 0.100. The van der Waals surface area contributed by atoms with Crippen LogP contribution in [0.5, 0.6) is 0 Å². The fraction of sp³-hybridized carbons (Fsp3) is 0.500. The molecule has 108 valence electrons. The Morgan fingerprint density at radius 2 is 2.10 bits per heavy atom. The lowest BCUT2D eigenvalue weighted by Crippen LogP contribution is -2.43. The van der Waals surface area contributed by atoms with E-state index in [0.717, 1.165) is 31.2 Å². The molecule has 6 heteroatoms. The Labute approximate surface area is 122 Å². The Balaban J connectivity index is 2.20. The maximum atomic E-state index is 12.3. The first-order valence-electron chi connectivity index (χ1n) is 6.69. The van der Waals surface area contributed by atoms with Crippen molar-refractivity contribution >= 4 is 23.2 Å². The van der Waals surface area contributed by atoms with Gasteiger partial charge in [0.25, 0.3) is 11.6 Å². The van der Waals surface area contributed by atoms with Gasteiger partial charge in [-0.05, 0) is 31.4 Å². The molecule has 1 N–H and O–H groups in total. The summed E-state index contributed by atoms with van der Waals surface area (Å²) in [7, 11) is 0. The first-order chi connectivity index (χ1) is 9.49. The Bertz CT molecular complexity index is 533. The van der Waals surface area contributed by atoms with Gasteiger partial charge in [-0.25, -0.2) is 0 Å². The van der Waals surface area contributed by atoms with E-state index < -0.39 is 10.8 Å². The molecule has 2 atom stereocenters. The van der Waals surface area contributed by atoms with Crippen LogP contribution in [-0.4, -0.2) is 22.2 Å². The number of halogens is 1. The van der Waals surface area contributed by atoms with Crippen molar-refractivity contribution < 1.29 is 9.72 Å². The van der Waals surface area contributed by atoms with Gasteiger partial charge in [-0.15, -0.1) is 11.6 Å². The van der Waals surface area contributed by atoms with Crippen LogP contribution in [0.1, 0.15) is 41.6 Å². The molecule has 0 radical (unpaired) electrons. The number of benzene rings is 1. The van der Waals surface area contributed by atoms with Crippen LogP contribution in [0.25, 0.3) is 0 Å². The highest BCUT2D eigenvalue weighted by molar-refractivity contribution is 6.21. The van der Waals surface area contributed by atoms with E-state index in [1.807, 2.05) is 0 Å². The standard InChI is InChI=1S/C14H17ClN2O3/c1-9-6-7-13(17(19)20)10(8-9)14(18)16-12-5-3-2-4-11(12)15/h6-8,11-12H,2-5H2,1H3,(H,16,18). The number of nitrogens with one attached hydrogen (secondary N) is 1. The topological polar surface area (TPSA) is 72.2 Å². The number of amides is 1. The van der Waals surface area contributed by atoms with Gasteiger partial charge in [-0.2, -0.15) is 0 Å². The predicted octanol–water partition coefficient (Wildman–Crippen LogP) is 3.18. The second kappa shape index (κ2) is 6.22. The lowest BCUT2D eigenvalue weighted by Gasteiger charge is -2.27. The lowest BCUT2D eigenvalue weighted by atomic mass is 9.94. The molecule has 1 aromatic rings. The van der Waals surface area contributed by atoms with Gasteiger partial charge >= 0.3 is 0 Å². The summed E-state index contributed by atoms with van der Waals surface area (Å²) in [4.78, 5) is 22.7. The van der Waals surface area contributed by atoms with Gasteiger partial charge in [0.1, 0.15) is 5.56 Å². The largest absolute Gasteiger partial charge is 0.348 e. The zero-order chi connectivity index (χ0) is 14.7. The van der Waals surface area contributed by atoms with Gasteiger partial charge in [0.05, 0.1) is 10.3 Å². The number of carbonyl (C=O) groups is 1. The predicted molar refractivity (Wildman–Crippen MR) is 77.2 cm³/mol. The molecule has 1 fully saturated rings. The Morgan fingerprint density at radius 1 is 1.40 bits per heavy atom. The number of hydrogen-bond acceptors (Lipinski definition) is 3. The van der Waals surface area contributed by atoms with Crippen LogP contribution in [0, 0.1) is 17.0 Å². The molecule has 0 bridgehead atoms. The quantitative estimate of drug-likeness (QED) is 0.529. The van der Waals surface area contributed by atoms with Crippen LogP contribution in [0.3, 0.4) is 0 Å². The van der Waals surface area contributed by atoms with E-state index in [4.69, 9.17) is 11.6 Å². The Hall–Kier alpha value is -1.62. The van der Waals surface area contributed by atoms with E-state index >= 15 is 0 Å². The van der Waals surface area contributed by atoms with Crippen LogP contribution < -0.4 is 5.32 Å². The summed E-state index contributed by atoms with van der Waals surface area (Å²) in [6.07, 6.45) is 3.76. The third-order valence-corrected chi connectivity index (χ3v) is 4.11. The molecule has 0 aliphatic heterocycles. The zero-order valence-corrected chi connectivity index (χ0v) is 12.0. The van der Waals surface area contributed by atoms with Crippen molar-refractivity contribution in [2.75, 3.05) is 0 Å². The number of nitrogens with zero attached hydrogens (tertiary/aromatic N) is 1. The summed E-state index contributed by atoms with van der Waals surface area (Å²) in [5.41, 5.74) is 0.742. The normalized spacial score (nSPS) is 22.3. The maximum absolute atomic E-state index is 12.3. The van der Waals surface area contributed by atoms with Crippen molar-refractivity contribution in [3.8, 4) is 0 Å². The summed E-state index contributed by atoms with van der Waals surface area (Å²) in [5, 5.41) is 13.7. The minimum atomic E-state index is -0.534. The van der Waals surface area contributed by atoms with Crippen molar-refractivity contribution in [1.29, 1.82) is 0 Å². The maximum Gasteiger partial charge on any atom is 0.282 e. The third-order valence-electron chi connectivity index (χ3n) is 3.59. The van der Waals surface area contributed by atoms with Crippen LogP contribution in [0.2, 0.25) is 0 Å². The van der Waals surface area contributed by atoms with Crippen molar-refractivity contribution in [2.24, 2.45) is 0 Å².